The van der Waals surface area contributed by atoms with E-state index in [1.54, 1.807) is 6.07 Å². The molecule has 0 bridgehead atoms. The summed E-state index contributed by atoms with van der Waals surface area (Å²) in [6, 6.07) is 7.79. The Kier molecular flexibility index (Phi) is 13.0. The normalized spacial score (nSPS) is 14.5. The van der Waals surface area contributed by atoms with Crippen molar-refractivity contribution < 1.29 is 38.4 Å². The van der Waals surface area contributed by atoms with Crippen LogP contribution in [0.4, 0.5) is 17.1 Å². The monoisotopic (exact) mass is 568 g/mol. The van der Waals surface area contributed by atoms with Crippen molar-refractivity contribution in [3.63, 3.8) is 0 Å². The molecule has 2 fully saturated rings. The topological polar surface area (TPSA) is 173 Å². The average molecular weight is 569 g/mol. The SMILES string of the molecule is C1COCCN1.COC(=O)c1cc([N+](=O)[O-])ccc1Cl.COC(=O)c1cc([N+](=O)[O-])ccc1N1CCOCC1. The molecule has 0 atom stereocenters. The van der Waals surface area contributed by atoms with Gasteiger partial charge in [-0.15, -0.1) is 0 Å². The number of methoxy groups -OCH3 is 2. The first kappa shape index (κ1) is 31.4. The lowest BCUT2D eigenvalue weighted by atomic mass is 10.1. The molecule has 2 aromatic rings. The standard InChI is InChI=1S/C12H14N2O5.C8H6ClNO4.C4H9NO/c1-18-12(15)10-8-9(14(16)17)2-3-11(10)13-4-6-19-7-5-13;1-14-8(11)6-4-5(10(12)13)2-3-7(6)9;1-3-6-4-2-5-1/h2-3,8H,4-7H2,1H3;2-4H,1H3;5H,1-4H2. The van der Waals surface area contributed by atoms with Crippen molar-refractivity contribution in [3.8, 4) is 0 Å². The Morgan fingerprint density at radius 3 is 1.79 bits per heavy atom. The molecule has 2 heterocycles. The number of carbonyl (C=O) groups excluding carboxylic acids is 2. The molecule has 2 aliphatic rings. The number of nitrogens with one attached hydrogen (secondary N) is 1. The molecule has 0 spiro atoms. The highest BCUT2D eigenvalue weighted by atomic mass is 35.5. The summed E-state index contributed by atoms with van der Waals surface area (Å²) in [7, 11) is 2.43. The van der Waals surface area contributed by atoms with Crippen molar-refractivity contribution in [2.45, 2.75) is 0 Å². The number of rotatable bonds is 5. The van der Waals surface area contributed by atoms with Crippen LogP contribution in [0.2, 0.25) is 5.02 Å². The van der Waals surface area contributed by atoms with Gasteiger partial charge in [-0.2, -0.15) is 0 Å². The first-order chi connectivity index (χ1) is 18.7. The van der Waals surface area contributed by atoms with E-state index in [2.05, 4.69) is 14.8 Å². The number of esters is 2. The third kappa shape index (κ3) is 9.76. The second-order valence-electron chi connectivity index (χ2n) is 7.82. The molecule has 1 N–H and O–H groups in total. The minimum Gasteiger partial charge on any atom is -0.465 e. The lowest BCUT2D eigenvalue weighted by Gasteiger charge is -2.29. The maximum Gasteiger partial charge on any atom is 0.340 e. The van der Waals surface area contributed by atoms with E-state index in [1.807, 2.05) is 4.90 Å². The zero-order valence-corrected chi connectivity index (χ0v) is 22.2. The molecule has 2 aromatic carbocycles. The number of carbonyl (C=O) groups is 2. The number of nitrogens with zero attached hydrogens (tertiary/aromatic N) is 3. The van der Waals surface area contributed by atoms with Crippen molar-refractivity contribution in [1.29, 1.82) is 0 Å². The minimum absolute atomic E-state index is 0.0108. The zero-order chi connectivity index (χ0) is 28.8. The van der Waals surface area contributed by atoms with Crippen molar-refractivity contribution in [3.05, 3.63) is 72.8 Å². The lowest BCUT2D eigenvalue weighted by molar-refractivity contribution is -0.385. The van der Waals surface area contributed by atoms with Crippen LogP contribution < -0.4 is 10.2 Å². The van der Waals surface area contributed by atoms with E-state index < -0.39 is 21.8 Å². The highest BCUT2D eigenvalue weighted by molar-refractivity contribution is 6.33. The zero-order valence-electron chi connectivity index (χ0n) is 21.4. The van der Waals surface area contributed by atoms with Gasteiger partial charge >= 0.3 is 11.9 Å². The summed E-state index contributed by atoms with van der Waals surface area (Å²) in [5.41, 5.74) is 0.509. The molecular formula is C24H29ClN4O10. The Hall–Kier alpha value is -3.85. The number of non-ortho nitro benzene ring substituents is 2. The summed E-state index contributed by atoms with van der Waals surface area (Å²) in [5, 5.41) is 24.4. The summed E-state index contributed by atoms with van der Waals surface area (Å²) in [4.78, 5) is 44.8. The van der Waals surface area contributed by atoms with E-state index in [0.717, 1.165) is 32.4 Å². The average Bonchev–Trinajstić information content (AvgIpc) is 2.98. The Morgan fingerprint density at radius 1 is 0.846 bits per heavy atom. The van der Waals surface area contributed by atoms with Crippen LogP contribution in [0.1, 0.15) is 20.7 Å². The Balaban J connectivity index is 0.000000232. The number of ether oxygens (including phenoxy) is 4. The van der Waals surface area contributed by atoms with Gasteiger partial charge in [0.05, 0.1) is 72.3 Å². The van der Waals surface area contributed by atoms with Crippen LogP contribution in [-0.4, -0.2) is 88.6 Å². The third-order valence-corrected chi connectivity index (χ3v) is 5.69. The minimum atomic E-state index is -0.696. The van der Waals surface area contributed by atoms with Crippen molar-refractivity contribution in [2.75, 3.05) is 71.7 Å². The first-order valence-electron chi connectivity index (χ1n) is 11.7. The summed E-state index contributed by atoms with van der Waals surface area (Å²) >= 11 is 5.65. The Morgan fingerprint density at radius 2 is 1.33 bits per heavy atom. The van der Waals surface area contributed by atoms with Gasteiger partial charge in [-0.1, -0.05) is 11.6 Å². The van der Waals surface area contributed by atoms with Crippen LogP contribution in [0.3, 0.4) is 0 Å². The number of hydrogen-bond acceptors (Lipinski definition) is 12. The largest absolute Gasteiger partial charge is 0.465 e. The second-order valence-corrected chi connectivity index (χ2v) is 8.23. The number of halogens is 1. The van der Waals surface area contributed by atoms with Gasteiger partial charge in [-0.3, -0.25) is 20.2 Å². The van der Waals surface area contributed by atoms with Crippen LogP contribution in [-0.2, 0) is 18.9 Å². The third-order valence-electron chi connectivity index (χ3n) is 5.36. The van der Waals surface area contributed by atoms with Gasteiger partial charge in [-0.05, 0) is 12.1 Å². The summed E-state index contributed by atoms with van der Waals surface area (Å²) in [6.45, 7) is 6.25. The molecule has 4 rings (SSSR count). The van der Waals surface area contributed by atoms with Gasteiger partial charge in [0.1, 0.15) is 0 Å². The van der Waals surface area contributed by atoms with Gasteiger partial charge in [0.2, 0.25) is 0 Å². The summed E-state index contributed by atoms with van der Waals surface area (Å²) < 4.78 is 19.3. The fourth-order valence-corrected chi connectivity index (χ4v) is 3.59. The number of anilines is 1. The second kappa shape index (κ2) is 16.2. The van der Waals surface area contributed by atoms with E-state index in [-0.39, 0.29) is 27.5 Å². The smallest absolute Gasteiger partial charge is 0.340 e. The molecule has 14 nitrogen and oxygen atoms in total. The Labute approximate surface area is 229 Å². The van der Waals surface area contributed by atoms with Crippen LogP contribution in [0.5, 0.6) is 0 Å². The van der Waals surface area contributed by atoms with Crippen LogP contribution in [0.25, 0.3) is 0 Å². The molecule has 2 aliphatic heterocycles. The van der Waals surface area contributed by atoms with Crippen LogP contribution >= 0.6 is 11.6 Å². The number of hydrogen-bond donors (Lipinski definition) is 1. The highest BCUT2D eigenvalue weighted by Crippen LogP contribution is 2.27. The summed E-state index contributed by atoms with van der Waals surface area (Å²) in [5.74, 6) is -1.27. The first-order valence-corrected chi connectivity index (χ1v) is 12.1. The van der Waals surface area contributed by atoms with Crippen LogP contribution in [0.15, 0.2) is 36.4 Å². The Bertz CT molecular complexity index is 1140. The predicted octanol–water partition coefficient (Wildman–Crippen LogP) is 2.86. The van der Waals surface area contributed by atoms with Gasteiger partial charge in [0.25, 0.3) is 11.4 Å². The molecule has 0 unspecified atom stereocenters. The molecule has 2 saturated heterocycles. The van der Waals surface area contributed by atoms with Gasteiger partial charge in [0, 0.05) is 50.4 Å². The molecule has 0 amide bonds. The molecule has 0 saturated carbocycles. The van der Waals surface area contributed by atoms with E-state index in [1.165, 1.54) is 38.5 Å². The maximum atomic E-state index is 11.7. The van der Waals surface area contributed by atoms with E-state index in [4.69, 9.17) is 21.1 Å². The number of nitro benzene ring substituents is 2. The molecule has 15 heteroatoms. The molecule has 0 aromatic heterocycles. The molecule has 39 heavy (non-hydrogen) atoms. The lowest BCUT2D eigenvalue weighted by Crippen LogP contribution is -2.37. The van der Waals surface area contributed by atoms with Crippen molar-refractivity contribution in [1.82, 2.24) is 5.32 Å². The fourth-order valence-electron chi connectivity index (χ4n) is 3.40. The molecule has 0 radical (unpaired) electrons. The van der Waals surface area contributed by atoms with Crippen LogP contribution in [0, 0.1) is 20.2 Å². The maximum absolute atomic E-state index is 11.7. The van der Waals surface area contributed by atoms with Gasteiger partial charge in [0.15, 0.2) is 0 Å². The van der Waals surface area contributed by atoms with E-state index in [0.29, 0.717) is 32.0 Å². The van der Waals surface area contributed by atoms with Crippen molar-refractivity contribution >= 4 is 40.6 Å². The number of nitro groups is 2. The number of morpholine rings is 2. The summed E-state index contributed by atoms with van der Waals surface area (Å²) in [6.07, 6.45) is 0. The van der Waals surface area contributed by atoms with Crippen molar-refractivity contribution in [2.24, 2.45) is 0 Å². The molecule has 0 aliphatic carbocycles. The fraction of sp³-hybridized carbons (Fsp3) is 0.417. The molecular weight excluding hydrogens is 540 g/mol. The van der Waals surface area contributed by atoms with Gasteiger partial charge < -0.3 is 29.2 Å². The van der Waals surface area contributed by atoms with E-state index >= 15 is 0 Å². The number of benzene rings is 2. The highest BCUT2D eigenvalue weighted by Gasteiger charge is 2.22. The van der Waals surface area contributed by atoms with E-state index in [9.17, 15) is 29.8 Å². The molecule has 212 valence electrons. The van der Waals surface area contributed by atoms with Gasteiger partial charge in [-0.25, -0.2) is 9.59 Å². The quantitative estimate of drug-likeness (QED) is 0.318. The predicted molar refractivity (Wildman–Crippen MR) is 141 cm³/mol.